The van der Waals surface area contributed by atoms with Gasteiger partial charge in [0.05, 0.1) is 0 Å². The lowest BCUT2D eigenvalue weighted by molar-refractivity contribution is -0.126. The van der Waals surface area contributed by atoms with Crippen LogP contribution in [0.25, 0.3) is 6.08 Å². The molecule has 2 heterocycles. The molecule has 1 fully saturated rings. The molecule has 3 rings (SSSR count). The smallest absolute Gasteiger partial charge is 0.264 e. The number of hydrogen-bond acceptors (Lipinski definition) is 5. The summed E-state index contributed by atoms with van der Waals surface area (Å²) in [5, 5.41) is 9.32. The van der Waals surface area contributed by atoms with Crippen molar-refractivity contribution in [2.75, 3.05) is 31.1 Å². The normalized spacial score (nSPS) is 15.0. The van der Waals surface area contributed by atoms with E-state index < -0.39 is 0 Å². The van der Waals surface area contributed by atoms with Crippen LogP contribution in [0, 0.1) is 11.3 Å². The molecule has 0 unspecified atom stereocenters. The molecule has 24 heavy (non-hydrogen) atoms. The topological polar surface area (TPSA) is 73.1 Å². The Morgan fingerprint density at radius 3 is 2.33 bits per heavy atom. The van der Waals surface area contributed by atoms with Crippen molar-refractivity contribution in [1.29, 1.82) is 5.26 Å². The minimum absolute atomic E-state index is 0.158. The Kier molecular flexibility index (Phi) is 4.82. The van der Waals surface area contributed by atoms with Gasteiger partial charge in [0, 0.05) is 38.6 Å². The average molecular weight is 319 g/mol. The summed E-state index contributed by atoms with van der Waals surface area (Å²) in [6.07, 6.45) is 5.04. The number of aromatic nitrogens is 2. The van der Waals surface area contributed by atoms with Gasteiger partial charge in [-0.25, -0.2) is 9.97 Å². The first-order valence-electron chi connectivity index (χ1n) is 7.76. The van der Waals surface area contributed by atoms with Gasteiger partial charge in [-0.3, -0.25) is 4.79 Å². The second-order valence-electron chi connectivity index (χ2n) is 5.41. The first-order valence-corrected chi connectivity index (χ1v) is 7.76. The number of amides is 1. The van der Waals surface area contributed by atoms with E-state index in [0.29, 0.717) is 32.1 Å². The second-order valence-corrected chi connectivity index (χ2v) is 5.41. The molecule has 0 spiro atoms. The van der Waals surface area contributed by atoms with Crippen LogP contribution >= 0.6 is 0 Å². The molecule has 1 aliphatic rings. The van der Waals surface area contributed by atoms with Crippen molar-refractivity contribution in [2.45, 2.75) is 0 Å². The van der Waals surface area contributed by atoms with Gasteiger partial charge in [0.1, 0.15) is 11.6 Å². The number of carbonyl (C=O) groups is 1. The zero-order chi connectivity index (χ0) is 16.8. The zero-order valence-electron chi connectivity index (χ0n) is 13.2. The summed E-state index contributed by atoms with van der Waals surface area (Å²) in [5.74, 6) is 0.444. The van der Waals surface area contributed by atoms with Gasteiger partial charge in [0.15, 0.2) is 0 Å². The third-order valence-corrected chi connectivity index (χ3v) is 3.86. The summed E-state index contributed by atoms with van der Waals surface area (Å²) in [6.45, 7) is 2.40. The van der Waals surface area contributed by atoms with E-state index in [1.807, 2.05) is 41.3 Å². The Bertz CT molecular complexity index is 759. The van der Waals surface area contributed by atoms with Gasteiger partial charge in [-0.1, -0.05) is 30.3 Å². The highest BCUT2D eigenvalue weighted by Crippen LogP contribution is 2.13. The lowest BCUT2D eigenvalue weighted by Gasteiger charge is -2.34. The molecule has 120 valence electrons. The molecular weight excluding hydrogens is 302 g/mol. The summed E-state index contributed by atoms with van der Waals surface area (Å²) < 4.78 is 0. The number of nitriles is 1. The highest BCUT2D eigenvalue weighted by atomic mass is 16.2. The molecule has 2 aromatic rings. The van der Waals surface area contributed by atoms with Gasteiger partial charge in [-0.05, 0) is 17.7 Å². The van der Waals surface area contributed by atoms with E-state index in [1.54, 1.807) is 29.4 Å². The number of benzene rings is 1. The lowest BCUT2D eigenvalue weighted by atomic mass is 10.1. The maximum Gasteiger partial charge on any atom is 0.264 e. The van der Waals surface area contributed by atoms with E-state index in [9.17, 15) is 10.1 Å². The van der Waals surface area contributed by atoms with Crippen molar-refractivity contribution < 1.29 is 4.79 Å². The lowest BCUT2D eigenvalue weighted by Crippen LogP contribution is -2.49. The fraction of sp³-hybridized carbons (Fsp3) is 0.222. The summed E-state index contributed by atoms with van der Waals surface area (Å²) in [5.41, 5.74) is 1.00. The Balaban J connectivity index is 1.66. The van der Waals surface area contributed by atoms with E-state index in [2.05, 4.69) is 9.97 Å². The molecule has 0 radical (unpaired) electrons. The minimum atomic E-state index is -0.227. The Morgan fingerprint density at radius 2 is 1.71 bits per heavy atom. The van der Waals surface area contributed by atoms with Crippen LogP contribution in [0.4, 0.5) is 5.95 Å². The summed E-state index contributed by atoms with van der Waals surface area (Å²) in [4.78, 5) is 24.8. The number of piperazine rings is 1. The molecule has 1 aromatic carbocycles. The summed E-state index contributed by atoms with van der Waals surface area (Å²) in [6, 6.07) is 13.2. The van der Waals surface area contributed by atoms with E-state index >= 15 is 0 Å². The van der Waals surface area contributed by atoms with E-state index in [4.69, 9.17) is 0 Å². The van der Waals surface area contributed by atoms with Gasteiger partial charge < -0.3 is 9.80 Å². The third kappa shape index (κ3) is 3.58. The molecule has 0 atom stereocenters. The number of nitrogens with zero attached hydrogens (tertiary/aromatic N) is 5. The van der Waals surface area contributed by atoms with Gasteiger partial charge in [-0.2, -0.15) is 5.26 Å². The minimum Gasteiger partial charge on any atom is -0.337 e. The first-order chi connectivity index (χ1) is 11.8. The van der Waals surface area contributed by atoms with Crippen LogP contribution in [-0.2, 0) is 4.79 Å². The maximum absolute atomic E-state index is 12.6. The van der Waals surface area contributed by atoms with Crippen molar-refractivity contribution >= 4 is 17.9 Å². The highest BCUT2D eigenvalue weighted by Gasteiger charge is 2.24. The largest absolute Gasteiger partial charge is 0.337 e. The molecule has 0 bridgehead atoms. The second kappa shape index (κ2) is 7.38. The van der Waals surface area contributed by atoms with E-state index in [1.165, 1.54) is 0 Å². The predicted octanol–water partition coefficient (Wildman–Crippen LogP) is 1.73. The van der Waals surface area contributed by atoms with Crippen LogP contribution in [0.1, 0.15) is 5.56 Å². The quantitative estimate of drug-likeness (QED) is 0.636. The molecule has 6 nitrogen and oxygen atoms in total. The SMILES string of the molecule is N#C/C(=C/c1ccccc1)C(=O)N1CCN(c2ncccn2)CC1. The van der Waals surface area contributed by atoms with Crippen molar-refractivity contribution in [1.82, 2.24) is 14.9 Å². The summed E-state index contributed by atoms with van der Waals surface area (Å²) >= 11 is 0. The maximum atomic E-state index is 12.6. The van der Waals surface area contributed by atoms with E-state index in [-0.39, 0.29) is 11.5 Å². The molecule has 1 aromatic heterocycles. The fourth-order valence-corrected chi connectivity index (χ4v) is 2.59. The van der Waals surface area contributed by atoms with Crippen LogP contribution in [-0.4, -0.2) is 47.0 Å². The van der Waals surface area contributed by atoms with Crippen molar-refractivity contribution in [3.63, 3.8) is 0 Å². The van der Waals surface area contributed by atoms with Crippen molar-refractivity contribution in [3.05, 3.63) is 59.9 Å². The van der Waals surface area contributed by atoms with Gasteiger partial charge in [-0.15, -0.1) is 0 Å². The molecule has 1 saturated heterocycles. The molecule has 0 aliphatic carbocycles. The number of anilines is 1. The Hall–Kier alpha value is -3.20. The van der Waals surface area contributed by atoms with Gasteiger partial charge in [0.25, 0.3) is 5.91 Å². The number of rotatable bonds is 3. The van der Waals surface area contributed by atoms with Crippen LogP contribution in [0.15, 0.2) is 54.4 Å². The molecule has 6 heteroatoms. The monoisotopic (exact) mass is 319 g/mol. The average Bonchev–Trinajstić information content (AvgIpc) is 2.67. The van der Waals surface area contributed by atoms with Crippen molar-refractivity contribution in [3.8, 4) is 6.07 Å². The van der Waals surface area contributed by atoms with Crippen LogP contribution in [0.2, 0.25) is 0 Å². The first kappa shape index (κ1) is 15.7. The number of hydrogen-bond donors (Lipinski definition) is 0. The molecule has 0 N–H and O–H groups in total. The van der Waals surface area contributed by atoms with Crippen LogP contribution in [0.5, 0.6) is 0 Å². The van der Waals surface area contributed by atoms with Gasteiger partial charge >= 0.3 is 0 Å². The zero-order valence-corrected chi connectivity index (χ0v) is 13.2. The third-order valence-electron chi connectivity index (χ3n) is 3.86. The number of carbonyl (C=O) groups excluding carboxylic acids is 1. The van der Waals surface area contributed by atoms with Crippen LogP contribution in [0.3, 0.4) is 0 Å². The summed E-state index contributed by atoms with van der Waals surface area (Å²) in [7, 11) is 0. The van der Waals surface area contributed by atoms with Crippen LogP contribution < -0.4 is 4.90 Å². The predicted molar refractivity (Wildman–Crippen MR) is 90.9 cm³/mol. The molecule has 0 saturated carbocycles. The van der Waals surface area contributed by atoms with E-state index in [0.717, 1.165) is 5.56 Å². The fourth-order valence-electron chi connectivity index (χ4n) is 2.59. The highest BCUT2D eigenvalue weighted by molar-refractivity contribution is 6.01. The van der Waals surface area contributed by atoms with Crippen molar-refractivity contribution in [2.24, 2.45) is 0 Å². The Morgan fingerprint density at radius 1 is 1.04 bits per heavy atom. The Labute approximate surface area is 140 Å². The molecule has 1 amide bonds. The standard InChI is InChI=1S/C18H17N5O/c19-14-16(13-15-5-2-1-3-6-15)17(24)22-9-11-23(12-10-22)18-20-7-4-8-21-18/h1-8,13H,9-12H2/b16-13-. The molecular formula is C18H17N5O. The van der Waals surface area contributed by atoms with Gasteiger partial charge in [0.2, 0.25) is 5.95 Å². The molecule has 1 aliphatic heterocycles.